The largest absolute Gasteiger partial charge is 0.461 e. The van der Waals surface area contributed by atoms with Crippen molar-refractivity contribution in [1.29, 1.82) is 0 Å². The fraction of sp³-hybridized carbons (Fsp3) is 0.588. The van der Waals surface area contributed by atoms with Gasteiger partial charge in [-0.15, -0.1) is 0 Å². The first-order valence-electron chi connectivity index (χ1n) is 8.90. The molecular weight excluding hydrogens is 340 g/mol. The van der Waals surface area contributed by atoms with E-state index in [4.69, 9.17) is 9.26 Å². The lowest BCUT2D eigenvalue weighted by Gasteiger charge is -2.30. The van der Waals surface area contributed by atoms with Crippen molar-refractivity contribution in [3.63, 3.8) is 0 Å². The average Bonchev–Trinajstić information content (AvgIpc) is 3.10. The first-order chi connectivity index (χ1) is 12.6. The Bertz CT molecular complexity index is 866. The Morgan fingerprint density at radius 1 is 1.27 bits per heavy atom. The molecule has 0 N–H and O–H groups in total. The number of ether oxygens (including phenoxy) is 1. The minimum atomic E-state index is -0.752. The molecule has 140 valence electrons. The highest BCUT2D eigenvalue weighted by Crippen LogP contribution is 2.19. The van der Waals surface area contributed by atoms with E-state index < -0.39 is 17.6 Å². The van der Waals surface area contributed by atoms with Gasteiger partial charge in [0.15, 0.2) is 0 Å². The normalized spacial score (nSPS) is 15.8. The van der Waals surface area contributed by atoms with Crippen LogP contribution >= 0.6 is 0 Å². The first-order valence-corrected chi connectivity index (χ1v) is 8.90. The summed E-state index contributed by atoms with van der Waals surface area (Å²) in [5.41, 5.74) is -0.792. The van der Waals surface area contributed by atoms with Crippen LogP contribution in [0.4, 0.5) is 0 Å². The van der Waals surface area contributed by atoms with E-state index in [0.717, 1.165) is 19.3 Å². The topological polar surface area (TPSA) is 108 Å². The summed E-state index contributed by atoms with van der Waals surface area (Å²) in [5.74, 6) is -0.858. The Balaban J connectivity index is 2.01. The molecule has 3 heterocycles. The predicted molar refractivity (Wildman–Crippen MR) is 91.8 cm³/mol. The van der Waals surface area contributed by atoms with Gasteiger partial charge in [-0.1, -0.05) is 12.1 Å². The molecule has 2 aromatic heterocycles. The molecule has 0 spiro atoms. The van der Waals surface area contributed by atoms with E-state index in [1.807, 2.05) is 6.92 Å². The lowest BCUT2D eigenvalue weighted by molar-refractivity contribution is -0.135. The summed E-state index contributed by atoms with van der Waals surface area (Å²) in [4.78, 5) is 43.7. The lowest BCUT2D eigenvalue weighted by atomic mass is 10.1. The van der Waals surface area contributed by atoms with E-state index in [-0.39, 0.29) is 29.3 Å². The summed E-state index contributed by atoms with van der Waals surface area (Å²) < 4.78 is 11.1. The molecule has 26 heavy (non-hydrogen) atoms. The zero-order valence-electron chi connectivity index (χ0n) is 14.9. The molecule has 1 amide bonds. The Hall–Kier alpha value is -2.71. The highest BCUT2D eigenvalue weighted by atomic mass is 16.5. The molecule has 0 aromatic carbocycles. The number of hydrogen-bond donors (Lipinski definition) is 0. The molecule has 1 unspecified atom stereocenters. The molecule has 0 radical (unpaired) electrons. The number of amides is 1. The zero-order chi connectivity index (χ0) is 18.7. The van der Waals surface area contributed by atoms with Crippen molar-refractivity contribution >= 4 is 23.0 Å². The fourth-order valence-corrected chi connectivity index (χ4v) is 3.23. The molecular formula is C17H22N4O5. The van der Waals surface area contributed by atoms with Crippen LogP contribution in [0.1, 0.15) is 56.1 Å². The van der Waals surface area contributed by atoms with E-state index in [0.29, 0.717) is 19.5 Å². The van der Waals surface area contributed by atoms with E-state index in [1.54, 1.807) is 11.8 Å². The number of carbonyl (C=O) groups excluding carboxylic acids is 2. The summed E-state index contributed by atoms with van der Waals surface area (Å²) >= 11 is 0. The van der Waals surface area contributed by atoms with Gasteiger partial charge in [0.1, 0.15) is 17.8 Å². The fourth-order valence-electron chi connectivity index (χ4n) is 3.23. The first kappa shape index (κ1) is 18.1. The third-order valence-electron chi connectivity index (χ3n) is 4.57. The molecule has 1 atom stereocenters. The highest BCUT2D eigenvalue weighted by Gasteiger charge is 2.29. The monoisotopic (exact) mass is 362 g/mol. The molecule has 9 heteroatoms. The van der Waals surface area contributed by atoms with Crippen LogP contribution in [0.5, 0.6) is 0 Å². The third-order valence-corrected chi connectivity index (χ3v) is 4.57. The van der Waals surface area contributed by atoms with Crippen molar-refractivity contribution in [3.05, 3.63) is 22.4 Å². The number of carbonyl (C=O) groups is 2. The van der Waals surface area contributed by atoms with Crippen molar-refractivity contribution in [1.82, 2.24) is 19.6 Å². The SMILES string of the molecule is CCOC(=O)c1noc2ncn(C(CC)C(=O)N3CCCCC3)c(=O)c12. The number of fused-ring (bicyclic) bond motifs is 1. The number of piperidine rings is 1. The number of aromatic nitrogens is 3. The van der Waals surface area contributed by atoms with Crippen LogP contribution in [-0.4, -0.2) is 51.2 Å². The summed E-state index contributed by atoms with van der Waals surface area (Å²) in [7, 11) is 0. The van der Waals surface area contributed by atoms with Gasteiger partial charge in [0.2, 0.25) is 11.6 Å². The second-order valence-corrected chi connectivity index (χ2v) is 6.20. The number of likely N-dealkylation sites (tertiary alicyclic amines) is 1. The van der Waals surface area contributed by atoms with Crippen molar-refractivity contribution < 1.29 is 18.8 Å². The Morgan fingerprint density at radius 3 is 2.65 bits per heavy atom. The van der Waals surface area contributed by atoms with Crippen LogP contribution < -0.4 is 5.56 Å². The van der Waals surface area contributed by atoms with E-state index in [2.05, 4.69) is 10.1 Å². The van der Waals surface area contributed by atoms with E-state index in [9.17, 15) is 14.4 Å². The smallest absolute Gasteiger partial charge is 0.361 e. The number of hydrogen-bond acceptors (Lipinski definition) is 7. The maximum absolute atomic E-state index is 13.0. The van der Waals surface area contributed by atoms with Crippen LogP contribution in [0.3, 0.4) is 0 Å². The van der Waals surface area contributed by atoms with Gasteiger partial charge in [-0.3, -0.25) is 14.2 Å². The van der Waals surface area contributed by atoms with Gasteiger partial charge >= 0.3 is 5.97 Å². The second kappa shape index (κ2) is 7.67. The molecule has 3 rings (SSSR count). The van der Waals surface area contributed by atoms with Gasteiger partial charge in [0, 0.05) is 13.1 Å². The minimum absolute atomic E-state index is 0.0467. The van der Waals surface area contributed by atoms with Crippen LogP contribution in [0, 0.1) is 0 Å². The summed E-state index contributed by atoms with van der Waals surface area (Å²) in [5, 5.41) is 3.56. The summed E-state index contributed by atoms with van der Waals surface area (Å²) in [6.45, 7) is 5.03. The Morgan fingerprint density at radius 2 is 2.00 bits per heavy atom. The third kappa shape index (κ3) is 3.21. The van der Waals surface area contributed by atoms with Crippen LogP contribution in [0.25, 0.3) is 11.1 Å². The molecule has 1 fully saturated rings. The quantitative estimate of drug-likeness (QED) is 0.742. The molecule has 2 aromatic rings. The van der Waals surface area contributed by atoms with Crippen molar-refractivity contribution in [2.24, 2.45) is 0 Å². The molecule has 1 aliphatic heterocycles. The highest BCUT2D eigenvalue weighted by molar-refractivity contribution is 5.99. The number of esters is 1. The van der Waals surface area contributed by atoms with Gasteiger partial charge in [-0.25, -0.2) is 9.78 Å². The molecule has 1 saturated heterocycles. The molecule has 0 aliphatic carbocycles. The van der Waals surface area contributed by atoms with E-state index >= 15 is 0 Å². The summed E-state index contributed by atoms with van der Waals surface area (Å²) in [6, 6.07) is -0.678. The molecule has 1 aliphatic rings. The average molecular weight is 362 g/mol. The zero-order valence-corrected chi connectivity index (χ0v) is 14.9. The molecule has 9 nitrogen and oxygen atoms in total. The molecule has 0 bridgehead atoms. The van der Waals surface area contributed by atoms with Crippen molar-refractivity contribution in [2.75, 3.05) is 19.7 Å². The van der Waals surface area contributed by atoms with Gasteiger partial charge in [-0.05, 0) is 32.6 Å². The second-order valence-electron chi connectivity index (χ2n) is 6.20. The number of rotatable bonds is 5. The standard InChI is InChI=1S/C17H22N4O5/c1-3-11(15(22)20-8-6-5-7-9-20)21-10-18-14-12(16(21)23)13(19-26-14)17(24)25-4-2/h10-11H,3-9H2,1-2H3. The maximum Gasteiger partial charge on any atom is 0.361 e. The summed E-state index contributed by atoms with van der Waals surface area (Å²) in [6.07, 6.45) is 4.75. The number of nitrogens with zero attached hydrogens (tertiary/aromatic N) is 4. The van der Waals surface area contributed by atoms with Gasteiger partial charge in [-0.2, -0.15) is 0 Å². The lowest BCUT2D eigenvalue weighted by Crippen LogP contribution is -2.42. The van der Waals surface area contributed by atoms with E-state index in [1.165, 1.54) is 10.9 Å². The van der Waals surface area contributed by atoms with Gasteiger partial charge in [0.25, 0.3) is 11.3 Å². The predicted octanol–water partition coefficient (Wildman–Crippen LogP) is 1.52. The molecule has 0 saturated carbocycles. The van der Waals surface area contributed by atoms with Gasteiger partial charge < -0.3 is 14.2 Å². The van der Waals surface area contributed by atoms with Crippen LogP contribution in [0.15, 0.2) is 15.6 Å². The Labute approximate surface area is 149 Å². The van der Waals surface area contributed by atoms with Crippen molar-refractivity contribution in [3.8, 4) is 0 Å². The van der Waals surface area contributed by atoms with Crippen LogP contribution in [0.2, 0.25) is 0 Å². The minimum Gasteiger partial charge on any atom is -0.461 e. The van der Waals surface area contributed by atoms with Gasteiger partial charge in [0.05, 0.1) is 6.61 Å². The maximum atomic E-state index is 13.0. The van der Waals surface area contributed by atoms with Crippen molar-refractivity contribution in [2.45, 2.75) is 45.6 Å². The van der Waals surface area contributed by atoms with Crippen LogP contribution in [-0.2, 0) is 9.53 Å². The Kier molecular flexibility index (Phi) is 5.34.